The van der Waals surface area contributed by atoms with Crippen LogP contribution in [0.3, 0.4) is 0 Å². The Labute approximate surface area is 268 Å². The van der Waals surface area contributed by atoms with Crippen molar-refractivity contribution in [3.05, 3.63) is 139 Å². The molecule has 2 aliphatic heterocycles. The molecule has 6 aromatic carbocycles. The summed E-state index contributed by atoms with van der Waals surface area (Å²) in [6.07, 6.45) is 0. The molecule has 8 rings (SSSR count). The fourth-order valence-corrected chi connectivity index (χ4v) is 7.55. The third-order valence-corrected chi connectivity index (χ3v) is 9.73. The fraction of sp³-hybridized carbons (Fsp3) is 0.190. The first-order valence-corrected chi connectivity index (χ1v) is 16.2. The summed E-state index contributed by atoms with van der Waals surface area (Å²) in [6, 6.07) is 47.7. The number of nitrogens with zero attached hydrogens (tertiary/aromatic N) is 2. The van der Waals surface area contributed by atoms with E-state index < -0.39 is 0 Å². The molecule has 0 radical (unpaired) electrons. The Morgan fingerprint density at radius 1 is 0.511 bits per heavy atom. The lowest BCUT2D eigenvalue weighted by Crippen LogP contribution is -2.61. The lowest BCUT2D eigenvalue weighted by Gasteiger charge is -2.46. The first kappa shape index (κ1) is 27.8. The van der Waals surface area contributed by atoms with Crippen molar-refractivity contribution >= 4 is 57.0 Å². The zero-order valence-corrected chi connectivity index (χ0v) is 27.1. The highest BCUT2D eigenvalue weighted by molar-refractivity contribution is 6.93. The molecule has 220 valence electrons. The Hall–Kier alpha value is -4.76. The minimum absolute atomic E-state index is 0.0344. The number of hydrogen-bond donors (Lipinski definition) is 0. The summed E-state index contributed by atoms with van der Waals surface area (Å²) in [5, 5.41) is 2.54. The molecule has 0 bridgehead atoms. The van der Waals surface area contributed by atoms with Crippen molar-refractivity contribution in [3.63, 3.8) is 0 Å². The highest BCUT2D eigenvalue weighted by atomic mass is 15.2. The van der Waals surface area contributed by atoms with E-state index in [0.29, 0.717) is 0 Å². The standard InChI is InChI=1S/C42H39BN2/c1-41(2,3)29-23-25-30(26-24-29)45-36-19-11-9-16-32(36)33-17-13-21-38-39(33)43(45)35-18-10-12-20-37(35)44(38)40-31-15-8-7-14-28(31)22-27-34(40)42(4,5)6/h7-27H,1-6H3. The minimum Gasteiger partial charge on any atom is -0.376 e. The van der Waals surface area contributed by atoms with Crippen molar-refractivity contribution in [2.45, 2.75) is 52.4 Å². The maximum Gasteiger partial charge on any atom is 0.333 e. The molecule has 0 saturated heterocycles. The van der Waals surface area contributed by atoms with Gasteiger partial charge in [-0.3, -0.25) is 0 Å². The second-order valence-electron chi connectivity index (χ2n) is 14.7. The van der Waals surface area contributed by atoms with Gasteiger partial charge in [-0.15, -0.1) is 0 Å². The molecule has 0 aliphatic carbocycles. The predicted molar refractivity (Wildman–Crippen MR) is 195 cm³/mol. The van der Waals surface area contributed by atoms with Crippen LogP contribution in [0.5, 0.6) is 0 Å². The Morgan fingerprint density at radius 2 is 1.16 bits per heavy atom. The largest absolute Gasteiger partial charge is 0.376 e. The van der Waals surface area contributed by atoms with E-state index in [9.17, 15) is 0 Å². The quantitative estimate of drug-likeness (QED) is 0.188. The van der Waals surface area contributed by atoms with Gasteiger partial charge in [0.25, 0.3) is 0 Å². The van der Waals surface area contributed by atoms with Crippen LogP contribution in [0.25, 0.3) is 21.9 Å². The van der Waals surface area contributed by atoms with Crippen molar-refractivity contribution in [2.75, 3.05) is 9.71 Å². The summed E-state index contributed by atoms with van der Waals surface area (Å²) in [4.78, 5) is 5.15. The van der Waals surface area contributed by atoms with E-state index in [0.717, 1.165) is 0 Å². The van der Waals surface area contributed by atoms with Crippen LogP contribution in [0, 0.1) is 0 Å². The molecule has 0 spiro atoms. The minimum atomic E-state index is -0.0482. The maximum absolute atomic E-state index is 2.58. The molecule has 0 fully saturated rings. The topological polar surface area (TPSA) is 6.48 Å². The number of fused-ring (bicyclic) bond motifs is 5. The third kappa shape index (κ3) is 4.25. The van der Waals surface area contributed by atoms with Crippen molar-refractivity contribution in [3.8, 4) is 11.1 Å². The van der Waals surface area contributed by atoms with Crippen LogP contribution < -0.4 is 20.6 Å². The van der Waals surface area contributed by atoms with Crippen molar-refractivity contribution < 1.29 is 0 Å². The molecule has 0 N–H and O–H groups in total. The van der Waals surface area contributed by atoms with Gasteiger partial charge in [-0.05, 0) is 74.2 Å². The van der Waals surface area contributed by atoms with Gasteiger partial charge in [0.05, 0.1) is 5.69 Å². The van der Waals surface area contributed by atoms with E-state index >= 15 is 0 Å². The number of rotatable bonds is 2. The summed E-state index contributed by atoms with van der Waals surface area (Å²) < 4.78 is 0. The van der Waals surface area contributed by atoms with Gasteiger partial charge >= 0.3 is 6.85 Å². The van der Waals surface area contributed by atoms with E-state index in [2.05, 4.69) is 179 Å². The van der Waals surface area contributed by atoms with Gasteiger partial charge in [0, 0.05) is 33.7 Å². The Bertz CT molecular complexity index is 2100. The van der Waals surface area contributed by atoms with E-state index in [1.165, 1.54) is 72.4 Å². The van der Waals surface area contributed by atoms with Crippen LogP contribution in [0.1, 0.15) is 52.7 Å². The fourth-order valence-electron chi connectivity index (χ4n) is 7.55. The summed E-state index contributed by atoms with van der Waals surface area (Å²) in [5.41, 5.74) is 14.2. The van der Waals surface area contributed by atoms with Crippen molar-refractivity contribution in [1.82, 2.24) is 0 Å². The zero-order chi connectivity index (χ0) is 31.1. The first-order valence-electron chi connectivity index (χ1n) is 16.2. The molecule has 0 unspecified atom stereocenters. The van der Waals surface area contributed by atoms with Gasteiger partial charge in [-0.1, -0.05) is 139 Å². The molecule has 2 aliphatic rings. The Morgan fingerprint density at radius 3 is 1.91 bits per heavy atom. The summed E-state index contributed by atoms with van der Waals surface area (Å²) in [5.74, 6) is 0. The predicted octanol–water partition coefficient (Wildman–Crippen LogP) is 10.1. The molecule has 45 heavy (non-hydrogen) atoms. The summed E-state index contributed by atoms with van der Waals surface area (Å²) in [7, 11) is 0. The van der Waals surface area contributed by atoms with Gasteiger partial charge in [0.15, 0.2) is 0 Å². The lowest BCUT2D eigenvalue weighted by atomic mass is 9.43. The molecule has 0 atom stereocenters. The average Bonchev–Trinajstić information content (AvgIpc) is 3.04. The molecular weight excluding hydrogens is 543 g/mol. The second kappa shape index (κ2) is 9.87. The van der Waals surface area contributed by atoms with Crippen molar-refractivity contribution in [1.29, 1.82) is 0 Å². The molecule has 2 nitrogen and oxygen atoms in total. The molecule has 0 saturated carbocycles. The second-order valence-corrected chi connectivity index (χ2v) is 14.7. The van der Waals surface area contributed by atoms with Crippen LogP contribution in [0.4, 0.5) is 28.4 Å². The maximum atomic E-state index is 2.58. The molecule has 6 aromatic rings. The van der Waals surface area contributed by atoms with E-state index in [1.54, 1.807) is 0 Å². The smallest absolute Gasteiger partial charge is 0.333 e. The van der Waals surface area contributed by atoms with Gasteiger partial charge in [0.1, 0.15) is 0 Å². The van der Waals surface area contributed by atoms with Gasteiger partial charge in [-0.25, -0.2) is 0 Å². The van der Waals surface area contributed by atoms with E-state index in [4.69, 9.17) is 0 Å². The van der Waals surface area contributed by atoms with Crippen LogP contribution in [0.2, 0.25) is 0 Å². The first-order chi connectivity index (χ1) is 21.6. The Kier molecular flexibility index (Phi) is 6.09. The zero-order valence-electron chi connectivity index (χ0n) is 27.1. The van der Waals surface area contributed by atoms with Crippen LogP contribution in [-0.4, -0.2) is 6.85 Å². The molecule has 3 heteroatoms. The number of anilines is 5. The van der Waals surface area contributed by atoms with Crippen LogP contribution in [-0.2, 0) is 10.8 Å². The van der Waals surface area contributed by atoms with E-state index in [1.807, 2.05) is 0 Å². The lowest BCUT2D eigenvalue weighted by molar-refractivity contribution is 0.590. The van der Waals surface area contributed by atoms with Crippen molar-refractivity contribution in [2.24, 2.45) is 0 Å². The highest BCUT2D eigenvalue weighted by Gasteiger charge is 2.45. The number of para-hydroxylation sites is 2. The van der Waals surface area contributed by atoms with Crippen LogP contribution in [0.15, 0.2) is 127 Å². The normalized spacial score (nSPS) is 13.9. The van der Waals surface area contributed by atoms with Gasteiger partial charge in [0.2, 0.25) is 0 Å². The number of hydrogen-bond acceptors (Lipinski definition) is 2. The Balaban J connectivity index is 1.46. The summed E-state index contributed by atoms with van der Waals surface area (Å²) in [6.45, 7) is 13.9. The van der Waals surface area contributed by atoms with Gasteiger partial charge in [-0.2, -0.15) is 0 Å². The van der Waals surface area contributed by atoms with Gasteiger partial charge < -0.3 is 9.71 Å². The molecule has 2 heterocycles. The highest BCUT2D eigenvalue weighted by Crippen LogP contribution is 2.49. The molecular formula is C42H39BN2. The van der Waals surface area contributed by atoms with E-state index in [-0.39, 0.29) is 17.7 Å². The molecule has 0 aromatic heterocycles. The third-order valence-electron chi connectivity index (χ3n) is 9.73. The monoisotopic (exact) mass is 582 g/mol. The SMILES string of the molecule is CC(C)(C)c1ccc(N2B3c4ccccc4N(c4c(C(C)(C)C)ccc5ccccc45)c4cccc(c43)-c3ccccc32)cc1. The summed E-state index contributed by atoms with van der Waals surface area (Å²) >= 11 is 0. The van der Waals surface area contributed by atoms with Crippen LogP contribution >= 0.6 is 0 Å². The average molecular weight is 583 g/mol. The molecule has 0 amide bonds. The number of benzene rings is 6.